The number of hydrogen-bond acceptors (Lipinski definition) is 4. The number of carbonyl (C=O) groups excluding carboxylic acids is 1. The van der Waals surface area contributed by atoms with E-state index in [-0.39, 0.29) is 5.56 Å². The summed E-state index contributed by atoms with van der Waals surface area (Å²) < 4.78 is 19.1. The van der Waals surface area contributed by atoms with Crippen LogP contribution >= 0.6 is 0 Å². The van der Waals surface area contributed by atoms with E-state index < -0.39 is 11.6 Å². The Bertz CT molecular complexity index is 797. The van der Waals surface area contributed by atoms with E-state index in [1.165, 1.54) is 12.3 Å². The molecule has 104 valence electrons. The molecule has 2 aromatic carbocycles. The Morgan fingerprint density at radius 1 is 1.14 bits per heavy atom. The van der Waals surface area contributed by atoms with Crippen LogP contribution in [0.1, 0.15) is 10.4 Å². The SMILES string of the molecule is O=Cc1cc(-c2cnc(-c3ccccc3)o2)cc(F)c1O. The van der Waals surface area contributed by atoms with Crippen molar-refractivity contribution in [3.8, 4) is 28.5 Å². The molecular formula is C16H10FNO3. The summed E-state index contributed by atoms with van der Waals surface area (Å²) in [5.41, 5.74) is 0.989. The minimum absolute atomic E-state index is 0.136. The van der Waals surface area contributed by atoms with Crippen molar-refractivity contribution in [1.82, 2.24) is 4.98 Å². The molecule has 1 aromatic heterocycles. The monoisotopic (exact) mass is 283 g/mol. The van der Waals surface area contributed by atoms with E-state index in [4.69, 9.17) is 4.42 Å². The molecule has 1 N–H and O–H groups in total. The van der Waals surface area contributed by atoms with E-state index in [2.05, 4.69) is 4.98 Å². The lowest BCUT2D eigenvalue weighted by molar-refractivity contribution is 0.112. The smallest absolute Gasteiger partial charge is 0.226 e. The maximum absolute atomic E-state index is 13.6. The lowest BCUT2D eigenvalue weighted by Crippen LogP contribution is -1.88. The molecule has 4 nitrogen and oxygen atoms in total. The molecular weight excluding hydrogens is 273 g/mol. The van der Waals surface area contributed by atoms with Crippen molar-refractivity contribution in [3.05, 3.63) is 60.0 Å². The van der Waals surface area contributed by atoms with Crippen LogP contribution in [0.15, 0.2) is 53.1 Å². The van der Waals surface area contributed by atoms with E-state index in [1.807, 2.05) is 30.3 Å². The first-order valence-electron chi connectivity index (χ1n) is 6.18. The first-order chi connectivity index (χ1) is 10.2. The number of aromatic nitrogens is 1. The fraction of sp³-hybridized carbons (Fsp3) is 0. The fourth-order valence-corrected chi connectivity index (χ4v) is 1.97. The number of phenolic OH excluding ortho intramolecular Hbond substituents is 1. The second-order valence-corrected chi connectivity index (χ2v) is 4.41. The van der Waals surface area contributed by atoms with Crippen LogP contribution in [0.25, 0.3) is 22.8 Å². The predicted octanol–water partition coefficient (Wildman–Crippen LogP) is 3.67. The largest absolute Gasteiger partial charge is 0.504 e. The van der Waals surface area contributed by atoms with E-state index in [9.17, 15) is 14.3 Å². The third-order valence-electron chi connectivity index (χ3n) is 3.03. The highest BCUT2D eigenvalue weighted by molar-refractivity contribution is 5.82. The molecule has 0 fully saturated rings. The maximum Gasteiger partial charge on any atom is 0.226 e. The topological polar surface area (TPSA) is 63.3 Å². The van der Waals surface area contributed by atoms with Crippen LogP contribution < -0.4 is 0 Å². The van der Waals surface area contributed by atoms with E-state index >= 15 is 0 Å². The molecule has 3 rings (SSSR count). The lowest BCUT2D eigenvalue weighted by atomic mass is 10.1. The first-order valence-corrected chi connectivity index (χ1v) is 6.18. The third-order valence-corrected chi connectivity index (χ3v) is 3.03. The summed E-state index contributed by atoms with van der Waals surface area (Å²) in [5.74, 6) is -0.841. The van der Waals surface area contributed by atoms with Gasteiger partial charge in [0.05, 0.1) is 11.8 Å². The van der Waals surface area contributed by atoms with Gasteiger partial charge in [-0.3, -0.25) is 4.79 Å². The van der Waals surface area contributed by atoms with Crippen molar-refractivity contribution < 1.29 is 18.7 Å². The van der Waals surface area contributed by atoms with Gasteiger partial charge in [-0.25, -0.2) is 9.37 Å². The van der Waals surface area contributed by atoms with Gasteiger partial charge in [-0.15, -0.1) is 0 Å². The molecule has 0 atom stereocenters. The first kappa shape index (κ1) is 13.1. The van der Waals surface area contributed by atoms with Gasteiger partial charge >= 0.3 is 0 Å². The van der Waals surface area contributed by atoms with Gasteiger partial charge < -0.3 is 9.52 Å². The molecule has 21 heavy (non-hydrogen) atoms. The van der Waals surface area contributed by atoms with E-state index in [1.54, 1.807) is 0 Å². The second kappa shape index (κ2) is 5.20. The molecule has 0 amide bonds. The zero-order valence-corrected chi connectivity index (χ0v) is 10.8. The highest BCUT2D eigenvalue weighted by atomic mass is 19.1. The van der Waals surface area contributed by atoms with Crippen LogP contribution in [0.3, 0.4) is 0 Å². The summed E-state index contributed by atoms with van der Waals surface area (Å²) in [7, 11) is 0. The van der Waals surface area contributed by atoms with Gasteiger partial charge in [0.2, 0.25) is 5.89 Å². The second-order valence-electron chi connectivity index (χ2n) is 4.41. The molecule has 5 heteroatoms. The normalized spacial score (nSPS) is 10.5. The Morgan fingerprint density at radius 2 is 1.90 bits per heavy atom. The maximum atomic E-state index is 13.6. The van der Waals surface area contributed by atoms with Crippen LogP contribution in [0.2, 0.25) is 0 Å². The van der Waals surface area contributed by atoms with Crippen molar-refractivity contribution in [1.29, 1.82) is 0 Å². The summed E-state index contributed by atoms with van der Waals surface area (Å²) in [6.45, 7) is 0. The van der Waals surface area contributed by atoms with Crippen molar-refractivity contribution in [2.75, 3.05) is 0 Å². The minimum atomic E-state index is -0.882. The van der Waals surface area contributed by atoms with Gasteiger partial charge in [0.1, 0.15) is 0 Å². The van der Waals surface area contributed by atoms with Crippen molar-refractivity contribution in [3.63, 3.8) is 0 Å². The standard InChI is InChI=1S/C16H10FNO3/c17-13-7-11(6-12(9-19)15(13)20)14-8-18-16(21-14)10-4-2-1-3-5-10/h1-9,20H. The molecule has 0 aliphatic rings. The van der Waals surface area contributed by atoms with Gasteiger partial charge in [-0.05, 0) is 24.3 Å². The summed E-state index contributed by atoms with van der Waals surface area (Å²) >= 11 is 0. The molecule has 0 bridgehead atoms. The number of halogens is 1. The van der Waals surface area contributed by atoms with Crippen LogP contribution in [-0.4, -0.2) is 16.4 Å². The van der Waals surface area contributed by atoms with E-state index in [0.717, 1.165) is 11.6 Å². The molecule has 0 radical (unpaired) electrons. The summed E-state index contributed by atoms with van der Waals surface area (Å²) in [6.07, 6.45) is 1.83. The highest BCUT2D eigenvalue weighted by Gasteiger charge is 2.14. The van der Waals surface area contributed by atoms with Crippen molar-refractivity contribution in [2.24, 2.45) is 0 Å². The van der Waals surface area contributed by atoms with Crippen LogP contribution in [0, 0.1) is 5.82 Å². The lowest BCUT2D eigenvalue weighted by Gasteiger charge is -2.02. The molecule has 0 spiro atoms. The van der Waals surface area contributed by atoms with E-state index in [0.29, 0.717) is 23.5 Å². The van der Waals surface area contributed by atoms with Crippen LogP contribution in [0.4, 0.5) is 4.39 Å². The number of oxazole rings is 1. The number of carbonyl (C=O) groups is 1. The Hall–Kier alpha value is -2.95. The van der Waals surface area contributed by atoms with Crippen molar-refractivity contribution in [2.45, 2.75) is 0 Å². The number of hydrogen-bond donors (Lipinski definition) is 1. The van der Waals surface area contributed by atoms with Crippen LogP contribution in [0.5, 0.6) is 5.75 Å². The number of rotatable bonds is 3. The zero-order chi connectivity index (χ0) is 14.8. The van der Waals surface area contributed by atoms with Gasteiger partial charge in [0.25, 0.3) is 0 Å². The Kier molecular flexibility index (Phi) is 3.23. The summed E-state index contributed by atoms with van der Waals surface area (Å²) in [6, 6.07) is 11.7. The molecule has 0 aliphatic carbocycles. The molecule has 0 saturated heterocycles. The van der Waals surface area contributed by atoms with Gasteiger partial charge in [0.15, 0.2) is 23.6 Å². The van der Waals surface area contributed by atoms with Gasteiger partial charge in [-0.1, -0.05) is 18.2 Å². The Balaban J connectivity index is 2.05. The predicted molar refractivity (Wildman–Crippen MR) is 74.4 cm³/mol. The Labute approximate surface area is 119 Å². The Morgan fingerprint density at radius 3 is 2.62 bits per heavy atom. The minimum Gasteiger partial charge on any atom is -0.504 e. The number of aromatic hydroxyl groups is 1. The molecule has 0 aliphatic heterocycles. The van der Waals surface area contributed by atoms with Crippen molar-refractivity contribution >= 4 is 6.29 Å². The highest BCUT2D eigenvalue weighted by Crippen LogP contribution is 2.30. The number of aldehydes is 1. The van der Waals surface area contributed by atoms with Crippen LogP contribution in [-0.2, 0) is 0 Å². The molecule has 3 aromatic rings. The average Bonchev–Trinajstić information content (AvgIpc) is 3.00. The number of nitrogens with zero attached hydrogens (tertiary/aromatic N) is 1. The molecule has 0 unspecified atom stereocenters. The number of phenols is 1. The van der Waals surface area contributed by atoms with Gasteiger partial charge in [0, 0.05) is 11.1 Å². The summed E-state index contributed by atoms with van der Waals surface area (Å²) in [4.78, 5) is 14.9. The zero-order valence-electron chi connectivity index (χ0n) is 10.8. The van der Waals surface area contributed by atoms with Gasteiger partial charge in [-0.2, -0.15) is 0 Å². The number of benzene rings is 2. The quantitative estimate of drug-likeness (QED) is 0.745. The molecule has 0 saturated carbocycles. The fourth-order valence-electron chi connectivity index (χ4n) is 1.97. The third kappa shape index (κ3) is 2.41. The molecule has 1 heterocycles. The summed E-state index contributed by atoms with van der Waals surface area (Å²) in [5, 5.41) is 9.40. The average molecular weight is 283 g/mol.